The Labute approximate surface area is 114 Å². The molecule has 2 fully saturated rings. The number of likely N-dealkylation sites (tertiary alicyclic amines) is 1. The fourth-order valence-electron chi connectivity index (χ4n) is 4.01. The van der Waals surface area contributed by atoms with E-state index in [0.717, 1.165) is 5.92 Å². The minimum atomic E-state index is 0.539. The molecule has 2 nitrogen and oxygen atoms in total. The highest BCUT2D eigenvalue weighted by Crippen LogP contribution is 2.41. The van der Waals surface area contributed by atoms with Gasteiger partial charge in [-0.05, 0) is 55.5 Å². The lowest BCUT2D eigenvalue weighted by Gasteiger charge is -2.37. The highest BCUT2D eigenvalue weighted by Gasteiger charge is 2.42. The third-order valence-corrected chi connectivity index (χ3v) is 6.06. The third-order valence-electron chi connectivity index (χ3n) is 6.06. The van der Waals surface area contributed by atoms with Crippen LogP contribution in [0.5, 0.6) is 0 Å². The molecular formula is C16H32N2. The molecule has 2 saturated heterocycles. The summed E-state index contributed by atoms with van der Waals surface area (Å²) in [6, 6.07) is 0. The van der Waals surface area contributed by atoms with Crippen LogP contribution in [0.3, 0.4) is 0 Å². The quantitative estimate of drug-likeness (QED) is 0.808. The summed E-state index contributed by atoms with van der Waals surface area (Å²) in [4.78, 5) is 2.76. The van der Waals surface area contributed by atoms with E-state index >= 15 is 0 Å². The second-order valence-corrected chi connectivity index (χ2v) is 7.11. The number of rotatable bonds is 5. The van der Waals surface area contributed by atoms with Crippen molar-refractivity contribution in [2.75, 3.05) is 32.7 Å². The van der Waals surface area contributed by atoms with Gasteiger partial charge >= 0.3 is 0 Å². The average Bonchev–Trinajstić information content (AvgIpc) is 2.98. The largest absolute Gasteiger partial charge is 0.316 e. The number of hydrogen-bond donors (Lipinski definition) is 1. The molecule has 0 saturated carbocycles. The molecule has 106 valence electrons. The second-order valence-electron chi connectivity index (χ2n) is 7.11. The summed E-state index contributed by atoms with van der Waals surface area (Å²) in [5.41, 5.74) is 1.17. The molecule has 0 aliphatic carbocycles. The van der Waals surface area contributed by atoms with Crippen molar-refractivity contribution in [1.29, 1.82) is 0 Å². The van der Waals surface area contributed by atoms with Crippen molar-refractivity contribution in [3.05, 3.63) is 0 Å². The molecule has 0 bridgehead atoms. The Bertz CT molecular complexity index is 262. The number of hydrogen-bond acceptors (Lipinski definition) is 2. The lowest BCUT2D eigenvalue weighted by molar-refractivity contribution is 0.122. The monoisotopic (exact) mass is 252 g/mol. The predicted octanol–water partition coefficient (Wildman–Crippen LogP) is 3.13. The second kappa shape index (κ2) is 5.50. The van der Waals surface area contributed by atoms with Gasteiger partial charge in [0.1, 0.15) is 0 Å². The smallest absolute Gasteiger partial charge is 0.00533 e. The van der Waals surface area contributed by atoms with E-state index in [0.29, 0.717) is 10.8 Å². The Morgan fingerprint density at radius 2 is 1.89 bits per heavy atom. The van der Waals surface area contributed by atoms with Crippen molar-refractivity contribution in [2.45, 2.75) is 53.4 Å². The van der Waals surface area contributed by atoms with Crippen LogP contribution in [0.2, 0.25) is 0 Å². The molecule has 2 heterocycles. The molecule has 0 aromatic rings. The van der Waals surface area contributed by atoms with E-state index in [9.17, 15) is 0 Å². The van der Waals surface area contributed by atoms with Crippen LogP contribution in [0.4, 0.5) is 0 Å². The van der Waals surface area contributed by atoms with Crippen molar-refractivity contribution < 1.29 is 0 Å². The molecule has 0 radical (unpaired) electrons. The molecule has 0 aromatic heterocycles. The standard InChI is InChI=1S/C16H32N2/c1-5-15(6-2)8-10-18(12-15)13-16(14(3)4)7-9-17-11-16/h14,17H,5-13H2,1-4H3. The maximum atomic E-state index is 3.59. The zero-order chi connectivity index (χ0) is 13.2. The van der Waals surface area contributed by atoms with E-state index in [1.807, 2.05) is 0 Å². The van der Waals surface area contributed by atoms with Gasteiger partial charge in [0.05, 0.1) is 0 Å². The SMILES string of the molecule is CCC1(CC)CCN(CC2(C(C)C)CCNC2)C1. The van der Waals surface area contributed by atoms with Gasteiger partial charge in [-0.25, -0.2) is 0 Å². The van der Waals surface area contributed by atoms with Crippen molar-refractivity contribution in [3.63, 3.8) is 0 Å². The third kappa shape index (κ3) is 2.60. The Hall–Kier alpha value is -0.0800. The molecule has 0 spiro atoms. The van der Waals surface area contributed by atoms with Crippen LogP contribution in [-0.4, -0.2) is 37.6 Å². The normalized spacial score (nSPS) is 32.5. The van der Waals surface area contributed by atoms with Crippen LogP contribution in [0.1, 0.15) is 53.4 Å². The Morgan fingerprint density at radius 3 is 2.33 bits per heavy atom. The Balaban J connectivity index is 1.98. The number of nitrogens with one attached hydrogen (secondary N) is 1. The van der Waals surface area contributed by atoms with E-state index in [1.54, 1.807) is 0 Å². The van der Waals surface area contributed by atoms with Gasteiger partial charge in [-0.15, -0.1) is 0 Å². The Kier molecular flexibility index (Phi) is 4.38. The highest BCUT2D eigenvalue weighted by molar-refractivity contribution is 4.96. The topological polar surface area (TPSA) is 15.3 Å². The molecule has 2 rings (SSSR count). The molecule has 18 heavy (non-hydrogen) atoms. The molecule has 1 N–H and O–H groups in total. The van der Waals surface area contributed by atoms with Gasteiger partial charge in [0.15, 0.2) is 0 Å². The molecule has 2 heteroatoms. The summed E-state index contributed by atoms with van der Waals surface area (Å²) >= 11 is 0. The first kappa shape index (κ1) is 14.3. The average molecular weight is 252 g/mol. The van der Waals surface area contributed by atoms with Gasteiger partial charge in [-0.3, -0.25) is 0 Å². The summed E-state index contributed by atoms with van der Waals surface area (Å²) in [5, 5.41) is 3.59. The van der Waals surface area contributed by atoms with Crippen molar-refractivity contribution >= 4 is 0 Å². The van der Waals surface area contributed by atoms with Gasteiger partial charge < -0.3 is 10.2 Å². The van der Waals surface area contributed by atoms with Crippen LogP contribution >= 0.6 is 0 Å². The lowest BCUT2D eigenvalue weighted by Crippen LogP contribution is -2.42. The van der Waals surface area contributed by atoms with Crippen LogP contribution < -0.4 is 5.32 Å². The minimum absolute atomic E-state index is 0.539. The van der Waals surface area contributed by atoms with Gasteiger partial charge in [0.25, 0.3) is 0 Å². The van der Waals surface area contributed by atoms with Gasteiger partial charge in [0, 0.05) is 19.6 Å². The summed E-state index contributed by atoms with van der Waals surface area (Å²) in [7, 11) is 0. The molecule has 2 aliphatic rings. The zero-order valence-electron chi connectivity index (χ0n) is 12.9. The molecule has 2 aliphatic heterocycles. The highest BCUT2D eigenvalue weighted by atomic mass is 15.2. The summed E-state index contributed by atoms with van der Waals surface area (Å²) < 4.78 is 0. The van der Waals surface area contributed by atoms with Crippen molar-refractivity contribution in [1.82, 2.24) is 10.2 Å². The first-order chi connectivity index (χ1) is 8.56. The van der Waals surface area contributed by atoms with E-state index in [2.05, 4.69) is 37.9 Å². The molecule has 1 atom stereocenters. The maximum absolute atomic E-state index is 3.59. The van der Waals surface area contributed by atoms with Crippen LogP contribution in [0.25, 0.3) is 0 Å². The first-order valence-corrected chi connectivity index (χ1v) is 7.99. The Morgan fingerprint density at radius 1 is 1.17 bits per heavy atom. The zero-order valence-corrected chi connectivity index (χ0v) is 12.9. The number of nitrogens with zero attached hydrogens (tertiary/aromatic N) is 1. The fourth-order valence-corrected chi connectivity index (χ4v) is 4.01. The van der Waals surface area contributed by atoms with Gasteiger partial charge in [0.2, 0.25) is 0 Å². The molecule has 0 aromatic carbocycles. The molecule has 0 amide bonds. The summed E-state index contributed by atoms with van der Waals surface area (Å²) in [5.74, 6) is 0.797. The lowest BCUT2D eigenvalue weighted by atomic mass is 9.76. The molecule has 1 unspecified atom stereocenters. The summed E-state index contributed by atoms with van der Waals surface area (Å²) in [6.45, 7) is 16.0. The van der Waals surface area contributed by atoms with E-state index in [-0.39, 0.29) is 0 Å². The predicted molar refractivity (Wildman–Crippen MR) is 78.8 cm³/mol. The van der Waals surface area contributed by atoms with Crippen LogP contribution in [0, 0.1) is 16.7 Å². The van der Waals surface area contributed by atoms with E-state index in [4.69, 9.17) is 0 Å². The van der Waals surface area contributed by atoms with Gasteiger partial charge in [-0.2, -0.15) is 0 Å². The van der Waals surface area contributed by atoms with E-state index in [1.165, 1.54) is 58.4 Å². The van der Waals surface area contributed by atoms with Crippen LogP contribution in [0.15, 0.2) is 0 Å². The minimum Gasteiger partial charge on any atom is -0.316 e. The maximum Gasteiger partial charge on any atom is 0.00533 e. The van der Waals surface area contributed by atoms with Crippen LogP contribution in [-0.2, 0) is 0 Å². The van der Waals surface area contributed by atoms with Gasteiger partial charge in [-0.1, -0.05) is 27.7 Å². The van der Waals surface area contributed by atoms with Crippen molar-refractivity contribution in [2.24, 2.45) is 16.7 Å². The molecular weight excluding hydrogens is 220 g/mol. The van der Waals surface area contributed by atoms with E-state index < -0.39 is 0 Å². The van der Waals surface area contributed by atoms with Crippen molar-refractivity contribution in [3.8, 4) is 0 Å². The first-order valence-electron chi connectivity index (χ1n) is 7.99. The summed E-state index contributed by atoms with van der Waals surface area (Å²) in [6.07, 6.45) is 5.49. The fraction of sp³-hybridized carbons (Fsp3) is 1.00.